The molecule has 0 aromatic heterocycles. The molecule has 156 valence electrons. The van der Waals surface area contributed by atoms with Crippen LogP contribution in [0.5, 0.6) is 0 Å². The molecule has 2 rings (SSSR count). The zero-order chi connectivity index (χ0) is 21.4. The first-order valence-corrected chi connectivity index (χ1v) is 14.8. The van der Waals surface area contributed by atoms with Gasteiger partial charge in [-0.3, -0.25) is 0 Å². The van der Waals surface area contributed by atoms with Gasteiger partial charge in [0.25, 0.3) is 0 Å². The lowest BCUT2D eigenvalue weighted by molar-refractivity contribution is 0.156. The fourth-order valence-corrected chi connectivity index (χ4v) is 13.3. The van der Waals surface area contributed by atoms with Gasteiger partial charge in [0, 0.05) is 21.3 Å². The standard InChI is InChI=1S/C20H28O6Si3/c1-6-27(18-21,22-3)25-29(19-14-10-8-11-15-19,20-16-12-9-13-17-20)26-28(7-2,23-4)24-5/h6-17,21H,1-2,18H2,3-5H3. The number of aliphatic hydroxyl groups excluding tert-OH is 1. The molecule has 0 radical (unpaired) electrons. The highest BCUT2D eigenvalue weighted by Gasteiger charge is 2.56. The van der Waals surface area contributed by atoms with Crippen molar-refractivity contribution in [2.45, 2.75) is 0 Å². The smallest absolute Gasteiger partial charge is 0.404 e. The normalized spacial score (nSPS) is 14.2. The molecule has 2 aromatic rings. The first-order chi connectivity index (χ1) is 14.0. The monoisotopic (exact) mass is 448 g/mol. The maximum absolute atomic E-state index is 10.1. The van der Waals surface area contributed by atoms with Crippen LogP contribution in [0.2, 0.25) is 0 Å². The minimum atomic E-state index is -3.50. The molecular weight excluding hydrogens is 420 g/mol. The number of rotatable bonds is 12. The fourth-order valence-electron chi connectivity index (χ4n) is 2.89. The second kappa shape index (κ2) is 10.4. The summed E-state index contributed by atoms with van der Waals surface area (Å²) in [5.74, 6) is 0. The Kier molecular flexibility index (Phi) is 8.46. The highest BCUT2D eigenvalue weighted by molar-refractivity contribution is 7.02. The van der Waals surface area contributed by atoms with Gasteiger partial charge in [0.05, 0.1) is 6.23 Å². The largest absolute Gasteiger partial charge is 0.519 e. The van der Waals surface area contributed by atoms with E-state index in [4.69, 9.17) is 21.5 Å². The molecule has 0 saturated carbocycles. The Balaban J connectivity index is 2.82. The molecular formula is C20H28O6Si3. The number of aliphatic hydroxyl groups is 1. The maximum atomic E-state index is 10.1. The minimum Gasteiger partial charge on any atom is -0.404 e. The molecule has 1 unspecified atom stereocenters. The third-order valence-corrected chi connectivity index (χ3v) is 15.0. The van der Waals surface area contributed by atoms with E-state index in [-0.39, 0.29) is 6.23 Å². The van der Waals surface area contributed by atoms with Crippen LogP contribution in [-0.4, -0.2) is 58.6 Å². The Morgan fingerprint density at radius 2 is 1.24 bits per heavy atom. The predicted octanol–water partition coefficient (Wildman–Crippen LogP) is 1.58. The van der Waals surface area contributed by atoms with Crippen LogP contribution in [0.3, 0.4) is 0 Å². The molecule has 0 aliphatic rings. The molecule has 0 heterocycles. The zero-order valence-electron chi connectivity index (χ0n) is 17.0. The number of hydrogen-bond acceptors (Lipinski definition) is 6. The van der Waals surface area contributed by atoms with Gasteiger partial charge in [-0.25, -0.2) is 0 Å². The van der Waals surface area contributed by atoms with Gasteiger partial charge in [0.2, 0.25) is 0 Å². The van der Waals surface area contributed by atoms with Crippen molar-refractivity contribution in [3.63, 3.8) is 0 Å². The van der Waals surface area contributed by atoms with Gasteiger partial charge in [-0.05, 0) is 21.8 Å². The Morgan fingerprint density at radius 1 is 0.759 bits per heavy atom. The highest BCUT2D eigenvalue weighted by Crippen LogP contribution is 2.23. The lowest BCUT2D eigenvalue weighted by atomic mass is 10.4. The molecule has 0 aliphatic heterocycles. The summed E-state index contributed by atoms with van der Waals surface area (Å²) < 4.78 is 30.4. The van der Waals surface area contributed by atoms with E-state index < -0.39 is 25.9 Å². The first-order valence-electron chi connectivity index (χ1n) is 9.04. The summed E-state index contributed by atoms with van der Waals surface area (Å²) in [6, 6.07) is 19.2. The van der Waals surface area contributed by atoms with Gasteiger partial charge in [-0.1, -0.05) is 67.2 Å². The van der Waals surface area contributed by atoms with Crippen molar-refractivity contribution in [3.05, 3.63) is 85.2 Å². The van der Waals surface area contributed by atoms with Crippen molar-refractivity contribution in [3.8, 4) is 0 Å². The summed E-state index contributed by atoms with van der Waals surface area (Å²) in [4.78, 5) is 0. The van der Waals surface area contributed by atoms with E-state index in [0.29, 0.717) is 0 Å². The highest BCUT2D eigenvalue weighted by atomic mass is 28.5. The van der Waals surface area contributed by atoms with E-state index in [1.54, 1.807) is 11.4 Å². The molecule has 2 aromatic carbocycles. The molecule has 0 aliphatic carbocycles. The Morgan fingerprint density at radius 3 is 1.55 bits per heavy atom. The Labute approximate surface area is 175 Å². The van der Waals surface area contributed by atoms with E-state index >= 15 is 0 Å². The second-order valence-electron chi connectivity index (χ2n) is 6.15. The number of benzene rings is 2. The van der Waals surface area contributed by atoms with Gasteiger partial charge in [0.1, 0.15) is 0 Å². The Bertz CT molecular complexity index is 712. The predicted molar refractivity (Wildman–Crippen MR) is 120 cm³/mol. The molecule has 0 bridgehead atoms. The van der Waals surface area contributed by atoms with Crippen molar-refractivity contribution in [1.82, 2.24) is 0 Å². The van der Waals surface area contributed by atoms with Crippen LogP contribution in [-0.2, 0) is 21.5 Å². The molecule has 0 amide bonds. The lowest BCUT2D eigenvalue weighted by Crippen LogP contribution is -2.73. The van der Waals surface area contributed by atoms with Gasteiger partial charge in [0.15, 0.2) is 0 Å². The summed E-state index contributed by atoms with van der Waals surface area (Å²) in [7, 11) is -5.48. The minimum absolute atomic E-state index is 0.312. The average Bonchev–Trinajstić information content (AvgIpc) is 2.81. The summed E-state index contributed by atoms with van der Waals surface area (Å²) in [6.07, 6.45) is -0.312. The quantitative estimate of drug-likeness (QED) is 0.497. The molecule has 29 heavy (non-hydrogen) atoms. The van der Waals surface area contributed by atoms with E-state index in [0.717, 1.165) is 10.4 Å². The van der Waals surface area contributed by atoms with Crippen LogP contribution >= 0.6 is 0 Å². The van der Waals surface area contributed by atoms with Gasteiger partial charge >= 0.3 is 25.9 Å². The second-order valence-corrected chi connectivity index (χ2v) is 15.4. The van der Waals surface area contributed by atoms with Crippen molar-refractivity contribution >= 4 is 36.3 Å². The Hall–Kier alpha value is -1.67. The van der Waals surface area contributed by atoms with Crippen LogP contribution in [0, 0.1) is 0 Å². The van der Waals surface area contributed by atoms with E-state index in [1.807, 2.05) is 60.7 Å². The van der Waals surface area contributed by atoms with E-state index in [9.17, 15) is 5.11 Å². The molecule has 0 spiro atoms. The topological polar surface area (TPSA) is 66.4 Å². The molecule has 1 atom stereocenters. The van der Waals surface area contributed by atoms with E-state index in [2.05, 4.69) is 13.2 Å². The van der Waals surface area contributed by atoms with Gasteiger partial charge < -0.3 is 26.6 Å². The van der Waals surface area contributed by atoms with Crippen molar-refractivity contribution in [2.24, 2.45) is 0 Å². The van der Waals surface area contributed by atoms with Crippen molar-refractivity contribution in [2.75, 3.05) is 27.6 Å². The summed E-state index contributed by atoms with van der Waals surface area (Å²) in [6.45, 7) is 7.72. The average molecular weight is 449 g/mol. The van der Waals surface area contributed by atoms with E-state index in [1.165, 1.54) is 21.3 Å². The van der Waals surface area contributed by atoms with Gasteiger partial charge in [-0.2, -0.15) is 0 Å². The summed E-state index contributed by atoms with van der Waals surface area (Å²) in [5, 5.41) is 11.8. The lowest BCUT2D eigenvalue weighted by Gasteiger charge is -2.41. The fraction of sp³-hybridized carbons (Fsp3) is 0.200. The molecule has 0 fully saturated rings. The molecule has 0 saturated heterocycles. The SMILES string of the molecule is C=C[Si](CO)(OC)O[Si](O[Si](C=C)(OC)OC)(c1ccccc1)c1ccccc1. The summed E-state index contributed by atoms with van der Waals surface area (Å²) >= 11 is 0. The third kappa shape index (κ3) is 4.91. The van der Waals surface area contributed by atoms with Crippen LogP contribution in [0.15, 0.2) is 85.2 Å². The molecule has 6 nitrogen and oxygen atoms in total. The summed E-state index contributed by atoms with van der Waals surface area (Å²) in [5.41, 5.74) is 3.12. The van der Waals surface area contributed by atoms with Gasteiger partial charge in [-0.15, -0.1) is 6.58 Å². The third-order valence-electron chi connectivity index (χ3n) is 4.61. The zero-order valence-corrected chi connectivity index (χ0v) is 20.0. The maximum Gasteiger partial charge on any atom is 0.519 e. The van der Waals surface area contributed by atoms with Crippen LogP contribution < -0.4 is 10.4 Å². The molecule has 9 heteroatoms. The van der Waals surface area contributed by atoms with Crippen LogP contribution in [0.25, 0.3) is 0 Å². The van der Waals surface area contributed by atoms with Crippen LogP contribution in [0.4, 0.5) is 0 Å². The number of hydrogen-bond donors (Lipinski definition) is 1. The van der Waals surface area contributed by atoms with Crippen molar-refractivity contribution in [1.29, 1.82) is 0 Å². The van der Waals surface area contributed by atoms with Crippen LogP contribution in [0.1, 0.15) is 0 Å². The first kappa shape index (κ1) is 23.6. The van der Waals surface area contributed by atoms with Crippen molar-refractivity contribution < 1.29 is 26.6 Å². The molecule has 1 N–H and O–H groups in total.